The highest BCUT2D eigenvalue weighted by molar-refractivity contribution is 5.92. The van der Waals surface area contributed by atoms with E-state index in [1.165, 1.54) is 19.0 Å². The topological polar surface area (TPSA) is 81.9 Å². The highest BCUT2D eigenvalue weighted by Crippen LogP contribution is 2.16. The van der Waals surface area contributed by atoms with E-state index in [1.54, 1.807) is 30.5 Å². The normalized spacial score (nSPS) is 14.5. The summed E-state index contributed by atoms with van der Waals surface area (Å²) in [5.41, 5.74) is 1.79. The second kappa shape index (κ2) is 7.55. The van der Waals surface area contributed by atoms with Crippen LogP contribution in [0.2, 0.25) is 0 Å². The number of amides is 1. The summed E-state index contributed by atoms with van der Waals surface area (Å²) in [6.45, 7) is 1.59. The number of benzene rings is 1. The summed E-state index contributed by atoms with van der Waals surface area (Å²) in [5, 5.41) is 11.9. The zero-order chi connectivity index (χ0) is 16.8. The molecule has 0 radical (unpaired) electrons. The van der Waals surface area contributed by atoms with Crippen molar-refractivity contribution in [2.24, 2.45) is 0 Å². The van der Waals surface area contributed by atoms with Crippen molar-refractivity contribution in [3.63, 3.8) is 0 Å². The summed E-state index contributed by atoms with van der Waals surface area (Å²) < 4.78 is 0. The molecule has 122 valence electrons. The Balaban J connectivity index is 1.66. The Bertz CT molecular complexity index is 725. The van der Waals surface area contributed by atoms with Crippen LogP contribution in [0.15, 0.2) is 36.7 Å². The van der Waals surface area contributed by atoms with E-state index < -0.39 is 0 Å². The van der Waals surface area contributed by atoms with Crippen LogP contribution in [-0.4, -0.2) is 33.9 Å². The molecule has 0 atom stereocenters. The molecule has 6 nitrogen and oxygen atoms in total. The molecule has 2 heterocycles. The highest BCUT2D eigenvalue weighted by Gasteiger charge is 2.18. The Morgan fingerprint density at radius 1 is 1.04 bits per heavy atom. The number of nitriles is 1. The van der Waals surface area contributed by atoms with Crippen molar-refractivity contribution in [1.29, 1.82) is 5.26 Å². The molecule has 0 unspecified atom stereocenters. The molecule has 1 aliphatic rings. The third kappa shape index (κ3) is 3.87. The molecule has 1 aromatic heterocycles. The van der Waals surface area contributed by atoms with Crippen LogP contribution in [0, 0.1) is 11.3 Å². The molecule has 2 aromatic rings. The van der Waals surface area contributed by atoms with Crippen molar-refractivity contribution in [2.45, 2.75) is 25.7 Å². The zero-order valence-corrected chi connectivity index (χ0v) is 13.4. The Morgan fingerprint density at radius 2 is 1.75 bits per heavy atom. The largest absolute Gasteiger partial charge is 0.339 e. The molecule has 1 aromatic carbocycles. The van der Waals surface area contributed by atoms with E-state index in [4.69, 9.17) is 5.26 Å². The minimum Gasteiger partial charge on any atom is -0.339 e. The van der Waals surface area contributed by atoms with Gasteiger partial charge in [0, 0.05) is 18.8 Å². The van der Waals surface area contributed by atoms with E-state index in [1.807, 2.05) is 4.90 Å². The lowest BCUT2D eigenvalue weighted by molar-refractivity contribution is 0.0755. The van der Waals surface area contributed by atoms with Crippen molar-refractivity contribution in [3.8, 4) is 6.07 Å². The molecule has 0 aliphatic carbocycles. The van der Waals surface area contributed by atoms with Gasteiger partial charge in [0.05, 0.1) is 24.0 Å². The fourth-order valence-corrected chi connectivity index (χ4v) is 2.71. The molecule has 3 rings (SSSR count). The molecule has 0 spiro atoms. The standard InChI is InChI=1S/C18H19N5O/c19-11-14-5-7-15(8-6-14)22-17-13-20-16(12-21-17)18(24)23-9-3-1-2-4-10-23/h5-8,12-13H,1-4,9-10H2,(H,21,22). The predicted molar refractivity (Wildman–Crippen MR) is 90.8 cm³/mol. The Labute approximate surface area is 141 Å². The van der Waals surface area contributed by atoms with Gasteiger partial charge in [0.2, 0.25) is 0 Å². The van der Waals surface area contributed by atoms with Gasteiger partial charge in [-0.15, -0.1) is 0 Å². The molecule has 1 fully saturated rings. The van der Waals surface area contributed by atoms with Gasteiger partial charge in [-0.05, 0) is 37.1 Å². The van der Waals surface area contributed by atoms with Gasteiger partial charge in [0.15, 0.2) is 0 Å². The fourth-order valence-electron chi connectivity index (χ4n) is 2.71. The second-order valence-corrected chi connectivity index (χ2v) is 5.81. The molecular formula is C18H19N5O. The van der Waals surface area contributed by atoms with Gasteiger partial charge in [-0.25, -0.2) is 9.97 Å². The molecule has 1 amide bonds. The van der Waals surface area contributed by atoms with Crippen molar-refractivity contribution in [3.05, 3.63) is 47.9 Å². The van der Waals surface area contributed by atoms with Gasteiger partial charge in [-0.3, -0.25) is 4.79 Å². The maximum atomic E-state index is 12.5. The molecule has 1 aliphatic heterocycles. The van der Waals surface area contributed by atoms with Crippen LogP contribution in [0.1, 0.15) is 41.7 Å². The van der Waals surface area contributed by atoms with Gasteiger partial charge in [-0.2, -0.15) is 5.26 Å². The summed E-state index contributed by atoms with van der Waals surface area (Å²) >= 11 is 0. The van der Waals surface area contributed by atoms with E-state index in [-0.39, 0.29) is 5.91 Å². The van der Waals surface area contributed by atoms with Crippen LogP contribution in [0.3, 0.4) is 0 Å². The number of nitrogens with one attached hydrogen (secondary N) is 1. The van der Waals surface area contributed by atoms with Crippen LogP contribution < -0.4 is 5.32 Å². The van der Waals surface area contributed by atoms with Crippen LogP contribution in [0.4, 0.5) is 11.5 Å². The molecule has 1 saturated heterocycles. The quantitative estimate of drug-likeness (QED) is 0.939. The van der Waals surface area contributed by atoms with Crippen LogP contribution in [0.5, 0.6) is 0 Å². The number of carbonyl (C=O) groups excluding carboxylic acids is 1. The van der Waals surface area contributed by atoms with Gasteiger partial charge in [-0.1, -0.05) is 12.8 Å². The fraction of sp³-hybridized carbons (Fsp3) is 0.333. The molecule has 0 bridgehead atoms. The molecule has 1 N–H and O–H groups in total. The smallest absolute Gasteiger partial charge is 0.274 e. The van der Waals surface area contributed by atoms with Gasteiger partial charge < -0.3 is 10.2 Å². The first-order valence-electron chi connectivity index (χ1n) is 8.15. The zero-order valence-electron chi connectivity index (χ0n) is 13.4. The summed E-state index contributed by atoms with van der Waals surface area (Å²) in [6.07, 6.45) is 7.54. The minimum absolute atomic E-state index is 0.0469. The first-order chi connectivity index (χ1) is 11.8. The maximum absolute atomic E-state index is 12.5. The van der Waals surface area contributed by atoms with E-state index in [0.29, 0.717) is 17.1 Å². The number of hydrogen-bond donors (Lipinski definition) is 1. The van der Waals surface area contributed by atoms with Crippen LogP contribution in [0.25, 0.3) is 0 Å². The van der Waals surface area contributed by atoms with Gasteiger partial charge >= 0.3 is 0 Å². The summed E-state index contributed by atoms with van der Waals surface area (Å²) in [6, 6.07) is 9.14. The minimum atomic E-state index is -0.0469. The summed E-state index contributed by atoms with van der Waals surface area (Å²) in [7, 11) is 0. The molecular weight excluding hydrogens is 302 g/mol. The van der Waals surface area contributed by atoms with Gasteiger partial charge in [0.25, 0.3) is 5.91 Å². The number of anilines is 2. The molecule has 24 heavy (non-hydrogen) atoms. The average Bonchev–Trinajstić information content (AvgIpc) is 2.92. The number of carbonyl (C=O) groups is 1. The van der Waals surface area contributed by atoms with Crippen molar-refractivity contribution < 1.29 is 4.79 Å². The average molecular weight is 321 g/mol. The van der Waals surface area contributed by atoms with Crippen LogP contribution in [-0.2, 0) is 0 Å². The van der Waals surface area contributed by atoms with Crippen molar-refractivity contribution in [1.82, 2.24) is 14.9 Å². The predicted octanol–water partition coefficient (Wildman–Crippen LogP) is 3.11. The second-order valence-electron chi connectivity index (χ2n) is 5.81. The number of hydrogen-bond acceptors (Lipinski definition) is 5. The van der Waals surface area contributed by atoms with E-state index in [9.17, 15) is 4.79 Å². The monoisotopic (exact) mass is 321 g/mol. The Hall–Kier alpha value is -2.94. The lowest BCUT2D eigenvalue weighted by Gasteiger charge is -2.19. The van der Waals surface area contributed by atoms with E-state index >= 15 is 0 Å². The first kappa shape index (κ1) is 15.9. The summed E-state index contributed by atoms with van der Waals surface area (Å²) in [4.78, 5) is 22.8. The number of aromatic nitrogens is 2. The molecule has 6 heteroatoms. The van der Waals surface area contributed by atoms with Gasteiger partial charge in [0.1, 0.15) is 11.5 Å². The Kier molecular flexibility index (Phi) is 5.02. The number of nitrogens with zero attached hydrogens (tertiary/aromatic N) is 4. The van der Waals surface area contributed by atoms with Crippen LogP contribution >= 0.6 is 0 Å². The number of likely N-dealkylation sites (tertiary alicyclic amines) is 1. The Morgan fingerprint density at radius 3 is 2.33 bits per heavy atom. The first-order valence-corrected chi connectivity index (χ1v) is 8.15. The van der Waals surface area contributed by atoms with E-state index in [2.05, 4.69) is 21.4 Å². The lowest BCUT2D eigenvalue weighted by Crippen LogP contribution is -2.32. The highest BCUT2D eigenvalue weighted by atomic mass is 16.2. The third-order valence-corrected chi connectivity index (χ3v) is 4.05. The maximum Gasteiger partial charge on any atom is 0.274 e. The van der Waals surface area contributed by atoms with E-state index in [0.717, 1.165) is 31.6 Å². The number of rotatable bonds is 3. The summed E-state index contributed by atoms with van der Waals surface area (Å²) in [5.74, 6) is 0.515. The van der Waals surface area contributed by atoms with Crippen molar-refractivity contribution >= 4 is 17.4 Å². The SMILES string of the molecule is N#Cc1ccc(Nc2cnc(C(=O)N3CCCCCC3)cn2)cc1. The molecule has 0 saturated carbocycles. The van der Waals surface area contributed by atoms with Crippen molar-refractivity contribution in [2.75, 3.05) is 18.4 Å². The lowest BCUT2D eigenvalue weighted by atomic mass is 10.2. The third-order valence-electron chi connectivity index (χ3n) is 4.05.